The van der Waals surface area contributed by atoms with Crippen LogP contribution in [-0.2, 0) is 0 Å². The molecule has 0 aliphatic heterocycles. The Morgan fingerprint density at radius 1 is 1.05 bits per heavy atom. The van der Waals surface area contributed by atoms with E-state index in [0.717, 1.165) is 6.54 Å². The van der Waals surface area contributed by atoms with Gasteiger partial charge in [0.2, 0.25) is 0 Å². The smallest absolute Gasteiger partial charge is 0.313 e. The van der Waals surface area contributed by atoms with Crippen molar-refractivity contribution >= 4 is 0 Å². The molecule has 0 bridgehead atoms. The van der Waals surface area contributed by atoms with Gasteiger partial charge in [0.1, 0.15) is 0 Å². The Balaban J connectivity index is 1.78. The fourth-order valence-corrected chi connectivity index (χ4v) is 4.43. The normalized spacial score (nSPS) is 30.0. The van der Waals surface area contributed by atoms with Gasteiger partial charge >= 0.3 is 6.18 Å². The van der Waals surface area contributed by atoms with Crippen molar-refractivity contribution in [2.45, 2.75) is 83.9 Å². The summed E-state index contributed by atoms with van der Waals surface area (Å²) in [7, 11) is 0. The Labute approximate surface area is 127 Å². The first-order valence-corrected chi connectivity index (χ1v) is 8.61. The molecule has 0 heterocycles. The molecule has 0 radical (unpaired) electrons. The van der Waals surface area contributed by atoms with Gasteiger partial charge in [0.15, 0.2) is 0 Å². The fraction of sp³-hybridized carbons (Fsp3) is 1.00. The van der Waals surface area contributed by atoms with Gasteiger partial charge in [0.05, 0.1) is 5.92 Å². The second-order valence-corrected chi connectivity index (χ2v) is 7.78. The summed E-state index contributed by atoms with van der Waals surface area (Å²) in [5.41, 5.74) is 0.412. The first kappa shape index (κ1) is 17.1. The van der Waals surface area contributed by atoms with Crippen LogP contribution in [0.25, 0.3) is 0 Å². The maximum absolute atomic E-state index is 12.7. The summed E-state index contributed by atoms with van der Waals surface area (Å²) in [4.78, 5) is 0. The Bertz CT molecular complexity index is 310. The molecule has 0 unspecified atom stereocenters. The monoisotopic (exact) mass is 305 g/mol. The lowest BCUT2D eigenvalue weighted by Gasteiger charge is -2.36. The first-order valence-electron chi connectivity index (χ1n) is 8.61. The maximum atomic E-state index is 12.7. The minimum atomic E-state index is -3.99. The van der Waals surface area contributed by atoms with Crippen LogP contribution in [0.5, 0.6) is 0 Å². The van der Waals surface area contributed by atoms with Gasteiger partial charge in [-0.05, 0) is 56.3 Å². The second-order valence-electron chi connectivity index (χ2n) is 7.78. The van der Waals surface area contributed by atoms with Crippen molar-refractivity contribution in [1.82, 2.24) is 5.32 Å². The molecular weight excluding hydrogens is 275 g/mol. The number of rotatable bonds is 5. The summed E-state index contributed by atoms with van der Waals surface area (Å²) in [6.45, 7) is 5.55. The molecule has 0 aromatic carbocycles. The van der Waals surface area contributed by atoms with Crippen molar-refractivity contribution in [3.63, 3.8) is 0 Å². The number of nitrogens with one attached hydrogen (secondary N) is 1. The van der Waals surface area contributed by atoms with Gasteiger partial charge in [-0.2, -0.15) is 13.2 Å². The van der Waals surface area contributed by atoms with E-state index in [9.17, 15) is 13.2 Å². The molecule has 2 fully saturated rings. The van der Waals surface area contributed by atoms with Crippen LogP contribution in [0.1, 0.15) is 71.6 Å². The molecule has 0 atom stereocenters. The van der Waals surface area contributed by atoms with Gasteiger partial charge in [-0.25, -0.2) is 0 Å². The Kier molecular flexibility index (Phi) is 5.61. The van der Waals surface area contributed by atoms with Gasteiger partial charge in [0.25, 0.3) is 0 Å². The number of halogens is 3. The summed E-state index contributed by atoms with van der Waals surface area (Å²) in [5, 5.41) is 3.61. The van der Waals surface area contributed by atoms with Crippen LogP contribution in [0, 0.1) is 17.3 Å². The molecule has 1 nitrogen and oxygen atoms in total. The van der Waals surface area contributed by atoms with E-state index in [1.807, 2.05) is 0 Å². The number of hydrogen-bond acceptors (Lipinski definition) is 1. The largest absolute Gasteiger partial charge is 0.391 e. The molecule has 0 spiro atoms. The molecule has 2 rings (SSSR count). The summed E-state index contributed by atoms with van der Waals surface area (Å²) in [6.07, 6.45) is 4.43. The lowest BCUT2D eigenvalue weighted by Crippen LogP contribution is -2.42. The fourth-order valence-electron chi connectivity index (χ4n) is 4.43. The zero-order valence-corrected chi connectivity index (χ0v) is 13.4. The average Bonchev–Trinajstić information content (AvgIpc) is 2.84. The molecule has 0 aromatic rings. The van der Waals surface area contributed by atoms with Gasteiger partial charge < -0.3 is 5.32 Å². The van der Waals surface area contributed by atoms with Crippen LogP contribution in [0.2, 0.25) is 0 Å². The first-order chi connectivity index (χ1) is 9.81. The van der Waals surface area contributed by atoms with E-state index < -0.39 is 12.1 Å². The van der Waals surface area contributed by atoms with E-state index >= 15 is 0 Å². The summed E-state index contributed by atoms with van der Waals surface area (Å²) in [6, 6.07) is 0.299. The van der Waals surface area contributed by atoms with E-state index in [-0.39, 0.29) is 0 Å². The van der Waals surface area contributed by atoms with Crippen LogP contribution in [0.3, 0.4) is 0 Å². The highest BCUT2D eigenvalue weighted by Gasteiger charge is 2.42. The van der Waals surface area contributed by atoms with Crippen LogP contribution < -0.4 is 5.32 Å². The van der Waals surface area contributed by atoms with Crippen molar-refractivity contribution in [1.29, 1.82) is 0 Å². The third-order valence-corrected chi connectivity index (χ3v) is 5.46. The molecule has 4 heteroatoms. The molecule has 0 saturated heterocycles. The molecule has 2 aliphatic rings. The molecular formula is C17H30F3N. The number of alkyl halides is 3. The Morgan fingerprint density at radius 2 is 1.62 bits per heavy atom. The molecule has 21 heavy (non-hydrogen) atoms. The Morgan fingerprint density at radius 3 is 2.10 bits per heavy atom. The van der Waals surface area contributed by atoms with Gasteiger partial charge in [0, 0.05) is 12.6 Å². The number of hydrogen-bond donors (Lipinski definition) is 1. The van der Waals surface area contributed by atoms with E-state index in [2.05, 4.69) is 19.2 Å². The summed E-state index contributed by atoms with van der Waals surface area (Å²) < 4.78 is 38.1. The van der Waals surface area contributed by atoms with Gasteiger partial charge in [-0.15, -0.1) is 0 Å². The second kappa shape index (κ2) is 6.89. The minimum Gasteiger partial charge on any atom is -0.313 e. The van der Waals surface area contributed by atoms with Crippen LogP contribution in [-0.4, -0.2) is 18.8 Å². The molecule has 2 aliphatic carbocycles. The minimum absolute atomic E-state index is 0.299. The molecule has 124 valence electrons. The average molecular weight is 305 g/mol. The Hall–Kier alpha value is -0.250. The van der Waals surface area contributed by atoms with Crippen LogP contribution in [0.4, 0.5) is 13.2 Å². The highest BCUT2D eigenvalue weighted by molar-refractivity contribution is 4.89. The lowest BCUT2D eigenvalue weighted by atomic mass is 9.77. The highest BCUT2D eigenvalue weighted by atomic mass is 19.4. The predicted octanol–water partition coefficient (Wildman–Crippen LogP) is 5.30. The summed E-state index contributed by atoms with van der Waals surface area (Å²) in [5.74, 6) is -0.363. The SMILES string of the molecule is CC(C)CC1(CNC2CCC(C(F)(F)F)CC2)CCCC1. The van der Waals surface area contributed by atoms with Crippen molar-refractivity contribution in [3.05, 3.63) is 0 Å². The zero-order valence-electron chi connectivity index (χ0n) is 13.4. The van der Waals surface area contributed by atoms with Crippen molar-refractivity contribution < 1.29 is 13.2 Å². The van der Waals surface area contributed by atoms with E-state index in [4.69, 9.17) is 0 Å². The third kappa shape index (κ3) is 4.87. The molecule has 1 N–H and O–H groups in total. The van der Waals surface area contributed by atoms with Gasteiger partial charge in [-0.1, -0.05) is 26.7 Å². The van der Waals surface area contributed by atoms with Gasteiger partial charge in [-0.3, -0.25) is 0 Å². The third-order valence-electron chi connectivity index (χ3n) is 5.46. The van der Waals surface area contributed by atoms with Crippen molar-refractivity contribution in [2.75, 3.05) is 6.54 Å². The maximum Gasteiger partial charge on any atom is 0.391 e. The lowest BCUT2D eigenvalue weighted by molar-refractivity contribution is -0.182. The van der Waals surface area contributed by atoms with E-state index in [1.165, 1.54) is 32.1 Å². The van der Waals surface area contributed by atoms with E-state index in [0.29, 0.717) is 43.1 Å². The topological polar surface area (TPSA) is 12.0 Å². The zero-order chi connectivity index (χ0) is 15.5. The van der Waals surface area contributed by atoms with Crippen LogP contribution >= 0.6 is 0 Å². The molecule has 0 amide bonds. The highest BCUT2D eigenvalue weighted by Crippen LogP contribution is 2.43. The van der Waals surface area contributed by atoms with E-state index in [1.54, 1.807) is 0 Å². The predicted molar refractivity (Wildman–Crippen MR) is 80.2 cm³/mol. The van der Waals surface area contributed by atoms with Crippen molar-refractivity contribution in [2.24, 2.45) is 17.3 Å². The summed E-state index contributed by atoms with van der Waals surface area (Å²) >= 11 is 0. The van der Waals surface area contributed by atoms with Crippen LogP contribution in [0.15, 0.2) is 0 Å². The molecule has 0 aromatic heterocycles. The quantitative estimate of drug-likeness (QED) is 0.726. The standard InChI is InChI=1S/C17H30F3N/c1-13(2)11-16(9-3-4-10-16)12-21-15-7-5-14(6-8-15)17(18,19)20/h13-15,21H,3-12H2,1-2H3. The molecule has 2 saturated carbocycles. The van der Waals surface area contributed by atoms with Crippen molar-refractivity contribution in [3.8, 4) is 0 Å².